The van der Waals surface area contributed by atoms with Crippen molar-refractivity contribution < 1.29 is 27.7 Å². The number of β-lactam (4-membered cyclic amide) rings is 1. The molecule has 0 saturated carbocycles. The summed E-state index contributed by atoms with van der Waals surface area (Å²) in [5.74, 6) is -2.04. The number of pyridine rings is 1. The highest BCUT2D eigenvalue weighted by Crippen LogP contribution is 2.41. The van der Waals surface area contributed by atoms with Crippen LogP contribution < -0.4 is 5.32 Å². The Hall–Kier alpha value is -2.60. The molecule has 34 heavy (non-hydrogen) atoms. The van der Waals surface area contributed by atoms with Crippen molar-refractivity contribution in [2.45, 2.75) is 28.9 Å². The summed E-state index contributed by atoms with van der Waals surface area (Å²) < 4.78 is 32.1. The second-order valence-corrected chi connectivity index (χ2v) is 11.2. The van der Waals surface area contributed by atoms with Crippen molar-refractivity contribution in [3.05, 3.63) is 41.4 Å². The normalized spacial score (nSPS) is 20.0. The SMILES string of the molecule is O=C(O)C1=C(CSc2nnnn2CS(=O)(=O)O)CS[C@@H]2C(NC(=S)Cc3ccncc3)C(=O)N12. The van der Waals surface area contributed by atoms with E-state index in [1.807, 2.05) is 12.1 Å². The number of aliphatic carboxylic acids is 1. The summed E-state index contributed by atoms with van der Waals surface area (Å²) in [5.41, 5.74) is 1.29. The Morgan fingerprint density at radius 3 is 2.76 bits per heavy atom. The zero-order chi connectivity index (χ0) is 24.5. The summed E-state index contributed by atoms with van der Waals surface area (Å²) in [4.78, 5) is 30.5. The predicted molar refractivity (Wildman–Crippen MR) is 125 cm³/mol. The maximum absolute atomic E-state index is 12.8. The summed E-state index contributed by atoms with van der Waals surface area (Å²) in [5, 5.41) is 23.1. The highest BCUT2D eigenvalue weighted by Gasteiger charge is 2.53. The van der Waals surface area contributed by atoms with E-state index in [0.29, 0.717) is 22.7 Å². The number of thiocarbonyl (C=S) groups is 1. The lowest BCUT2D eigenvalue weighted by molar-refractivity contribution is -0.148. The Kier molecular flexibility index (Phi) is 7.17. The summed E-state index contributed by atoms with van der Waals surface area (Å²) in [6.45, 7) is 0. The van der Waals surface area contributed by atoms with Gasteiger partial charge in [-0.3, -0.25) is 19.2 Å². The van der Waals surface area contributed by atoms with Gasteiger partial charge in [0.1, 0.15) is 17.1 Å². The molecule has 0 bridgehead atoms. The minimum atomic E-state index is -4.36. The molecule has 180 valence electrons. The van der Waals surface area contributed by atoms with E-state index in [1.54, 1.807) is 12.4 Å². The molecule has 3 N–H and O–H groups in total. The standard InChI is InChI=1S/C17H17N7O6S4/c25-14-12(19-11(31)5-9-1-3-18-4-2-9)15-24(14)13(16(26)27)10(6-32-15)7-33-17-20-21-22-23(17)8-34(28,29)30/h1-4,12,15H,5-8H2,(H,19,31)(H,26,27)(H,28,29,30)/t12?,15-/m1/s1. The van der Waals surface area contributed by atoms with Crippen molar-refractivity contribution in [1.82, 2.24) is 35.4 Å². The third-order valence-electron chi connectivity index (χ3n) is 4.84. The van der Waals surface area contributed by atoms with E-state index < -0.39 is 39.3 Å². The Balaban J connectivity index is 1.44. The average molecular weight is 544 g/mol. The molecule has 1 amide bonds. The van der Waals surface area contributed by atoms with Crippen LogP contribution in [-0.4, -0.2) is 88.0 Å². The lowest BCUT2D eigenvalue weighted by Crippen LogP contribution is -2.70. The molecule has 2 aromatic rings. The van der Waals surface area contributed by atoms with Gasteiger partial charge in [-0.1, -0.05) is 24.0 Å². The van der Waals surface area contributed by atoms with Crippen LogP contribution in [0.2, 0.25) is 0 Å². The molecule has 13 nitrogen and oxygen atoms in total. The van der Waals surface area contributed by atoms with Crippen LogP contribution >= 0.6 is 35.7 Å². The molecule has 2 atom stereocenters. The maximum Gasteiger partial charge on any atom is 0.352 e. The zero-order valence-electron chi connectivity index (χ0n) is 17.1. The fourth-order valence-electron chi connectivity index (χ4n) is 3.39. The summed E-state index contributed by atoms with van der Waals surface area (Å²) in [6, 6.07) is 3.00. The first-order valence-corrected chi connectivity index (χ1v) is 13.6. The second kappa shape index (κ2) is 9.95. The molecule has 2 aliphatic rings. The Bertz CT molecular complexity index is 1270. The van der Waals surface area contributed by atoms with Gasteiger partial charge < -0.3 is 10.4 Å². The van der Waals surface area contributed by atoms with E-state index in [2.05, 4.69) is 25.8 Å². The van der Waals surface area contributed by atoms with Crippen molar-refractivity contribution in [2.75, 3.05) is 11.5 Å². The Labute approximate surface area is 207 Å². The predicted octanol–water partition coefficient (Wildman–Crippen LogP) is -0.212. The number of tetrazole rings is 1. The van der Waals surface area contributed by atoms with E-state index in [4.69, 9.17) is 16.8 Å². The first-order chi connectivity index (χ1) is 16.1. The number of carboxylic acid groups (broad SMARTS) is 1. The van der Waals surface area contributed by atoms with E-state index >= 15 is 0 Å². The van der Waals surface area contributed by atoms with Gasteiger partial charge in [0.05, 0.1) is 4.99 Å². The van der Waals surface area contributed by atoms with E-state index in [-0.39, 0.29) is 16.6 Å². The molecule has 0 aromatic carbocycles. The summed E-state index contributed by atoms with van der Waals surface area (Å²) in [6.07, 6.45) is 3.73. The Morgan fingerprint density at radius 1 is 1.35 bits per heavy atom. The molecule has 2 aromatic heterocycles. The third-order valence-corrected chi connectivity index (χ3v) is 8.06. The van der Waals surface area contributed by atoms with Gasteiger partial charge in [-0.15, -0.1) is 16.9 Å². The van der Waals surface area contributed by atoms with E-state index in [1.165, 1.54) is 16.7 Å². The molecule has 1 fully saturated rings. The van der Waals surface area contributed by atoms with Crippen molar-refractivity contribution in [1.29, 1.82) is 0 Å². The van der Waals surface area contributed by atoms with Gasteiger partial charge >= 0.3 is 5.97 Å². The fourth-order valence-corrected chi connectivity index (χ4v) is 6.61. The third kappa shape index (κ3) is 5.38. The van der Waals surface area contributed by atoms with Crippen LogP contribution in [0.5, 0.6) is 0 Å². The highest BCUT2D eigenvalue weighted by molar-refractivity contribution is 8.01. The van der Waals surface area contributed by atoms with E-state index in [0.717, 1.165) is 22.0 Å². The molecule has 1 saturated heterocycles. The fraction of sp³-hybridized carbons (Fsp3) is 0.353. The molecular formula is C17H17N7O6S4. The zero-order valence-corrected chi connectivity index (χ0v) is 20.4. The topological polar surface area (TPSA) is 180 Å². The number of carbonyl (C=O) groups excluding carboxylic acids is 1. The van der Waals surface area contributed by atoms with Gasteiger partial charge in [-0.05, 0) is 33.7 Å². The molecule has 4 rings (SSSR count). The minimum Gasteiger partial charge on any atom is -0.477 e. The molecule has 0 radical (unpaired) electrons. The molecule has 0 spiro atoms. The molecule has 2 aliphatic heterocycles. The number of rotatable bonds is 9. The van der Waals surface area contributed by atoms with Gasteiger partial charge in [0.2, 0.25) is 5.16 Å². The van der Waals surface area contributed by atoms with Gasteiger partial charge in [0, 0.05) is 30.3 Å². The van der Waals surface area contributed by atoms with Crippen LogP contribution in [0.15, 0.2) is 41.0 Å². The van der Waals surface area contributed by atoms with Crippen LogP contribution in [0.1, 0.15) is 5.56 Å². The first kappa shape index (κ1) is 24.5. The van der Waals surface area contributed by atoms with Crippen molar-refractivity contribution in [3.63, 3.8) is 0 Å². The lowest BCUT2D eigenvalue weighted by atomic mass is 10.0. The molecule has 0 aliphatic carbocycles. The first-order valence-electron chi connectivity index (χ1n) is 9.56. The van der Waals surface area contributed by atoms with Crippen LogP contribution in [-0.2, 0) is 32.0 Å². The number of nitrogens with one attached hydrogen (secondary N) is 1. The van der Waals surface area contributed by atoms with Crippen LogP contribution in [0, 0.1) is 0 Å². The molecule has 1 unspecified atom stereocenters. The number of carboxylic acids is 1. The smallest absolute Gasteiger partial charge is 0.352 e. The largest absolute Gasteiger partial charge is 0.477 e. The quantitative estimate of drug-likeness (QED) is 0.163. The number of fused-ring (bicyclic) bond motifs is 1. The Morgan fingerprint density at radius 2 is 2.09 bits per heavy atom. The van der Waals surface area contributed by atoms with Crippen LogP contribution in [0.25, 0.3) is 0 Å². The maximum atomic E-state index is 12.8. The molecule has 4 heterocycles. The van der Waals surface area contributed by atoms with Crippen LogP contribution in [0.3, 0.4) is 0 Å². The number of carbonyl (C=O) groups is 2. The van der Waals surface area contributed by atoms with Crippen molar-refractivity contribution in [2.24, 2.45) is 0 Å². The van der Waals surface area contributed by atoms with Crippen molar-refractivity contribution in [3.8, 4) is 0 Å². The van der Waals surface area contributed by atoms with E-state index in [9.17, 15) is 23.1 Å². The average Bonchev–Trinajstić information content (AvgIpc) is 3.21. The second-order valence-electron chi connectivity index (χ2n) is 7.21. The number of thioether (sulfide) groups is 2. The number of nitrogens with zero attached hydrogens (tertiary/aromatic N) is 6. The van der Waals surface area contributed by atoms with Gasteiger partial charge in [0.15, 0.2) is 5.88 Å². The van der Waals surface area contributed by atoms with Crippen LogP contribution in [0.4, 0.5) is 0 Å². The van der Waals surface area contributed by atoms with Crippen molar-refractivity contribution >= 4 is 62.7 Å². The van der Waals surface area contributed by atoms with Gasteiger partial charge in [0.25, 0.3) is 16.0 Å². The summed E-state index contributed by atoms with van der Waals surface area (Å²) in [7, 11) is -4.36. The summed E-state index contributed by atoms with van der Waals surface area (Å²) >= 11 is 7.77. The van der Waals surface area contributed by atoms with Gasteiger partial charge in [-0.25, -0.2) is 9.48 Å². The lowest BCUT2D eigenvalue weighted by Gasteiger charge is -2.49. The number of amides is 1. The molecular weight excluding hydrogens is 526 g/mol. The monoisotopic (exact) mass is 543 g/mol. The van der Waals surface area contributed by atoms with Gasteiger partial charge in [-0.2, -0.15) is 8.42 Å². The highest BCUT2D eigenvalue weighted by atomic mass is 32.2. The number of hydrogen-bond acceptors (Lipinski definition) is 11. The number of aromatic nitrogens is 5. The minimum absolute atomic E-state index is 0.0814. The molecule has 17 heteroatoms. The number of hydrogen-bond donors (Lipinski definition) is 3.